The lowest BCUT2D eigenvalue weighted by Crippen LogP contribution is -2.27. The fourth-order valence-corrected chi connectivity index (χ4v) is 5.44. The quantitative estimate of drug-likeness (QED) is 0.238. The molecule has 0 fully saturated rings. The molecule has 12 heteroatoms. The fourth-order valence-electron chi connectivity index (χ4n) is 4.15. The number of benzene rings is 2. The van der Waals surface area contributed by atoms with Gasteiger partial charge in [-0.2, -0.15) is 21.6 Å². The van der Waals surface area contributed by atoms with Gasteiger partial charge in [-0.15, -0.1) is 10.2 Å². The maximum Gasteiger partial charge on any atom is 0.416 e. The first-order valence-electron chi connectivity index (χ1n) is 11.4. The molecular weight excluding hydrogens is 513 g/mol. The Morgan fingerprint density at radius 1 is 1.03 bits per heavy atom. The largest absolute Gasteiger partial charge is 0.416 e. The summed E-state index contributed by atoms with van der Waals surface area (Å²) in [7, 11) is -1.74. The van der Waals surface area contributed by atoms with Crippen LogP contribution in [0.3, 0.4) is 0 Å². The first-order valence-corrected chi connectivity index (χ1v) is 14.2. The summed E-state index contributed by atoms with van der Waals surface area (Å²) in [6.07, 6.45) is -0.684. The van der Waals surface area contributed by atoms with Crippen LogP contribution < -0.4 is 4.18 Å². The highest BCUT2D eigenvalue weighted by molar-refractivity contribution is 7.99. The van der Waals surface area contributed by atoms with Crippen LogP contribution in [0.2, 0.25) is 0 Å². The number of aromatic nitrogens is 3. The fraction of sp³-hybridized carbons (Fsp3) is 0.417. The Kier molecular flexibility index (Phi) is 7.96. The average molecular weight is 541 g/mol. The van der Waals surface area contributed by atoms with Crippen molar-refractivity contribution in [2.75, 3.05) is 31.6 Å². The van der Waals surface area contributed by atoms with Crippen molar-refractivity contribution in [3.8, 4) is 17.1 Å². The molecule has 1 aliphatic rings. The van der Waals surface area contributed by atoms with Gasteiger partial charge in [0, 0.05) is 31.5 Å². The van der Waals surface area contributed by atoms with E-state index < -0.39 is 21.9 Å². The third-order valence-electron chi connectivity index (χ3n) is 5.98. The summed E-state index contributed by atoms with van der Waals surface area (Å²) in [5, 5.41) is 9.09. The van der Waals surface area contributed by atoms with Crippen LogP contribution >= 0.6 is 11.8 Å². The monoisotopic (exact) mass is 540 g/mol. The second-order valence-corrected chi connectivity index (χ2v) is 11.3. The van der Waals surface area contributed by atoms with Crippen molar-refractivity contribution in [2.45, 2.75) is 30.6 Å². The Morgan fingerprint density at radius 3 is 2.39 bits per heavy atom. The molecule has 0 radical (unpaired) electrons. The van der Waals surface area contributed by atoms with Crippen molar-refractivity contribution < 1.29 is 25.8 Å². The molecule has 2 aromatic carbocycles. The van der Waals surface area contributed by atoms with Crippen molar-refractivity contribution in [1.29, 1.82) is 0 Å². The molecule has 0 N–H and O–H groups in total. The van der Waals surface area contributed by atoms with Crippen LogP contribution in [0, 0.1) is 0 Å². The number of fused-ring (bicyclic) bond motifs is 1. The van der Waals surface area contributed by atoms with Gasteiger partial charge in [0.05, 0.1) is 11.8 Å². The zero-order chi connectivity index (χ0) is 25.9. The highest BCUT2D eigenvalue weighted by atomic mass is 32.2. The molecule has 4 rings (SSSR count). The number of rotatable bonds is 8. The molecule has 0 aliphatic carbocycles. The molecule has 36 heavy (non-hydrogen) atoms. The summed E-state index contributed by atoms with van der Waals surface area (Å²) in [6, 6.07) is 10.4. The Labute approximate surface area is 212 Å². The molecule has 0 bridgehead atoms. The number of hydrogen-bond donors (Lipinski definition) is 0. The summed E-state index contributed by atoms with van der Waals surface area (Å²) in [5.74, 6) is 1.70. The van der Waals surface area contributed by atoms with Crippen molar-refractivity contribution in [3.05, 3.63) is 59.2 Å². The summed E-state index contributed by atoms with van der Waals surface area (Å²) in [6.45, 7) is 2.71. The van der Waals surface area contributed by atoms with E-state index in [2.05, 4.69) is 15.1 Å². The van der Waals surface area contributed by atoms with Gasteiger partial charge in [0.1, 0.15) is 5.75 Å². The molecule has 3 aromatic rings. The third kappa shape index (κ3) is 6.80. The number of nitrogens with zero attached hydrogens (tertiary/aromatic N) is 4. The average Bonchev–Trinajstić information content (AvgIpc) is 3.04. The van der Waals surface area contributed by atoms with Crippen molar-refractivity contribution >= 4 is 21.9 Å². The van der Waals surface area contributed by atoms with Gasteiger partial charge in [0.25, 0.3) is 0 Å². The molecule has 0 saturated carbocycles. The molecule has 0 spiro atoms. The zero-order valence-electron chi connectivity index (χ0n) is 20.0. The third-order valence-corrected chi connectivity index (χ3v) is 7.58. The van der Waals surface area contributed by atoms with Crippen LogP contribution in [0.15, 0.2) is 47.6 Å². The molecule has 0 amide bonds. The number of hydrogen-bond acceptors (Lipinski definition) is 7. The number of halogens is 3. The SMILES string of the molecule is Cn1c(SCCCN2CCc3ccc(OS(C)(=O)=O)cc3CC2)nnc1-c1ccc(C(F)(F)F)cc1. The van der Waals surface area contributed by atoms with Crippen LogP contribution in [0.25, 0.3) is 11.4 Å². The Hall–Kier alpha value is -2.57. The topological polar surface area (TPSA) is 77.3 Å². The maximum atomic E-state index is 12.8. The summed E-state index contributed by atoms with van der Waals surface area (Å²) >= 11 is 1.57. The van der Waals surface area contributed by atoms with Gasteiger partial charge in [0.15, 0.2) is 11.0 Å². The minimum Gasteiger partial charge on any atom is -0.383 e. The molecule has 1 aromatic heterocycles. The zero-order valence-corrected chi connectivity index (χ0v) is 21.6. The lowest BCUT2D eigenvalue weighted by Gasteiger charge is -2.19. The van der Waals surface area contributed by atoms with E-state index in [1.165, 1.54) is 17.7 Å². The smallest absolute Gasteiger partial charge is 0.383 e. The first kappa shape index (κ1) is 26.5. The van der Waals surface area contributed by atoms with E-state index in [-0.39, 0.29) is 0 Å². The second kappa shape index (κ2) is 10.8. The molecule has 0 unspecified atom stereocenters. The molecule has 7 nitrogen and oxygen atoms in total. The van der Waals surface area contributed by atoms with Crippen molar-refractivity contribution in [2.24, 2.45) is 7.05 Å². The molecule has 0 saturated heterocycles. The molecule has 0 atom stereocenters. The van der Waals surface area contributed by atoms with E-state index in [4.69, 9.17) is 4.18 Å². The van der Waals surface area contributed by atoms with Crippen LogP contribution in [0.5, 0.6) is 5.75 Å². The molecule has 194 valence electrons. The predicted octanol–water partition coefficient (Wildman–Crippen LogP) is 4.42. The first-order chi connectivity index (χ1) is 17.0. The lowest BCUT2D eigenvalue weighted by atomic mass is 10.0. The van der Waals surface area contributed by atoms with Gasteiger partial charge >= 0.3 is 16.3 Å². The minimum atomic E-state index is -4.37. The Balaban J connectivity index is 1.27. The van der Waals surface area contributed by atoms with Gasteiger partial charge in [-0.3, -0.25) is 0 Å². The molecule has 2 heterocycles. The predicted molar refractivity (Wildman–Crippen MR) is 133 cm³/mol. The lowest BCUT2D eigenvalue weighted by molar-refractivity contribution is -0.137. The molecule has 1 aliphatic heterocycles. The van der Waals surface area contributed by atoms with Crippen molar-refractivity contribution in [1.82, 2.24) is 19.7 Å². The number of thioether (sulfide) groups is 1. The van der Waals surface area contributed by atoms with E-state index >= 15 is 0 Å². The van der Waals surface area contributed by atoms with Crippen molar-refractivity contribution in [3.63, 3.8) is 0 Å². The van der Waals surface area contributed by atoms with E-state index in [9.17, 15) is 21.6 Å². The summed E-state index contributed by atoms with van der Waals surface area (Å²) in [4.78, 5) is 2.39. The second-order valence-electron chi connectivity index (χ2n) is 8.70. The standard InChI is InChI=1S/C24H27F3N4O3S2/c1-30-22(18-4-7-20(8-5-18)24(25,26)27)28-29-23(30)35-15-3-12-31-13-10-17-6-9-21(34-36(2,32)33)16-19(17)11-14-31/h4-9,16H,3,10-15H2,1-2H3. The normalized spacial score (nSPS) is 14.9. The molecular formula is C24H27F3N4O3S2. The van der Waals surface area contributed by atoms with Gasteiger partial charge in [-0.25, -0.2) is 0 Å². The van der Waals surface area contributed by atoms with Gasteiger partial charge in [-0.05, 0) is 61.2 Å². The van der Waals surface area contributed by atoms with E-state index in [0.29, 0.717) is 22.3 Å². The maximum absolute atomic E-state index is 12.8. The van der Waals surface area contributed by atoms with E-state index in [1.807, 2.05) is 19.2 Å². The van der Waals surface area contributed by atoms with E-state index in [1.54, 1.807) is 22.4 Å². The van der Waals surface area contributed by atoms with Gasteiger partial charge < -0.3 is 13.7 Å². The number of alkyl halides is 3. The minimum absolute atomic E-state index is 0.348. The van der Waals surface area contributed by atoms with Crippen LogP contribution in [-0.4, -0.2) is 59.7 Å². The Bertz CT molecular complexity index is 1310. The van der Waals surface area contributed by atoms with Gasteiger partial charge in [-0.1, -0.05) is 30.0 Å². The Morgan fingerprint density at radius 2 is 1.72 bits per heavy atom. The summed E-state index contributed by atoms with van der Waals surface area (Å²) < 4.78 is 68.0. The van der Waals surface area contributed by atoms with E-state index in [0.717, 1.165) is 68.6 Å². The van der Waals surface area contributed by atoms with Crippen LogP contribution in [0.4, 0.5) is 13.2 Å². The summed E-state index contributed by atoms with van der Waals surface area (Å²) in [5.41, 5.74) is 2.21. The van der Waals surface area contributed by atoms with Crippen LogP contribution in [-0.2, 0) is 36.2 Å². The highest BCUT2D eigenvalue weighted by Crippen LogP contribution is 2.31. The van der Waals surface area contributed by atoms with Crippen LogP contribution in [0.1, 0.15) is 23.1 Å². The van der Waals surface area contributed by atoms with Gasteiger partial charge in [0.2, 0.25) is 0 Å². The highest BCUT2D eigenvalue weighted by Gasteiger charge is 2.30.